The van der Waals surface area contributed by atoms with Crippen LogP contribution in [0.3, 0.4) is 0 Å². The topological polar surface area (TPSA) is 57.9 Å². The number of ether oxygens (including phenoxy) is 1. The van der Waals surface area contributed by atoms with Crippen molar-refractivity contribution in [3.05, 3.63) is 45.9 Å². The third-order valence-corrected chi connectivity index (χ3v) is 4.43. The summed E-state index contributed by atoms with van der Waals surface area (Å²) in [6.07, 6.45) is 2.98. The van der Waals surface area contributed by atoms with Crippen LogP contribution in [-0.4, -0.2) is 11.6 Å². The maximum atomic E-state index is 8.53. The molecule has 21 heavy (non-hydrogen) atoms. The second kappa shape index (κ2) is 7.77. The van der Waals surface area contributed by atoms with E-state index >= 15 is 0 Å². The van der Waals surface area contributed by atoms with Crippen LogP contribution in [0.4, 0.5) is 0 Å². The number of aromatic nitrogens is 1. The minimum atomic E-state index is 0.0756. The maximum absolute atomic E-state index is 8.53. The highest BCUT2D eigenvalue weighted by atomic mass is 32.1. The lowest BCUT2D eigenvalue weighted by Gasteiger charge is -2.12. The molecule has 1 atom stereocenters. The molecule has 1 heterocycles. The molecule has 5 heteroatoms. The molecule has 0 saturated carbocycles. The molecule has 1 unspecified atom stereocenters. The zero-order valence-electron chi connectivity index (χ0n) is 12.3. The van der Waals surface area contributed by atoms with Crippen molar-refractivity contribution in [3.8, 4) is 11.8 Å². The molecule has 110 valence electrons. The lowest BCUT2D eigenvalue weighted by Crippen LogP contribution is -2.17. The molecule has 0 amide bonds. The third-order valence-electron chi connectivity index (χ3n) is 3.10. The monoisotopic (exact) mass is 301 g/mol. The Kier molecular flexibility index (Phi) is 5.73. The Morgan fingerprint density at radius 3 is 3.05 bits per heavy atom. The van der Waals surface area contributed by atoms with Crippen LogP contribution in [0.2, 0.25) is 0 Å². The van der Waals surface area contributed by atoms with Gasteiger partial charge in [-0.05, 0) is 31.0 Å². The second-order valence-corrected chi connectivity index (χ2v) is 5.86. The van der Waals surface area contributed by atoms with E-state index in [9.17, 15) is 0 Å². The largest absolute Gasteiger partial charge is 0.479 e. The van der Waals surface area contributed by atoms with E-state index in [4.69, 9.17) is 10.00 Å². The van der Waals surface area contributed by atoms with Crippen LogP contribution in [0.5, 0.6) is 5.75 Å². The van der Waals surface area contributed by atoms with Crippen LogP contribution in [0, 0.1) is 11.3 Å². The standard InChI is InChI=1S/C16H19N3OS/c1-3-15-11-19-16(21-15)12(2)18-10-13-5-4-6-14(9-13)20-8-7-17/h4-6,9,11-12,18H,3,8,10H2,1-2H3. The van der Waals surface area contributed by atoms with Crippen LogP contribution in [-0.2, 0) is 13.0 Å². The predicted molar refractivity (Wildman–Crippen MR) is 84.3 cm³/mol. The summed E-state index contributed by atoms with van der Waals surface area (Å²) in [5, 5.41) is 13.1. The van der Waals surface area contributed by atoms with E-state index in [0.29, 0.717) is 0 Å². The lowest BCUT2D eigenvalue weighted by molar-refractivity contribution is 0.367. The summed E-state index contributed by atoms with van der Waals surface area (Å²) in [6, 6.07) is 9.98. The van der Waals surface area contributed by atoms with Crippen molar-refractivity contribution < 1.29 is 4.74 Å². The first kappa shape index (κ1) is 15.5. The Hall–Kier alpha value is -1.90. The Bertz CT molecular complexity index is 618. The van der Waals surface area contributed by atoms with Crippen molar-refractivity contribution in [2.45, 2.75) is 32.9 Å². The van der Waals surface area contributed by atoms with E-state index in [-0.39, 0.29) is 12.6 Å². The first-order valence-electron chi connectivity index (χ1n) is 6.99. The van der Waals surface area contributed by atoms with Crippen molar-refractivity contribution in [2.75, 3.05) is 6.61 Å². The zero-order valence-corrected chi connectivity index (χ0v) is 13.1. The predicted octanol–water partition coefficient (Wildman–Crippen LogP) is 3.46. The Balaban J connectivity index is 1.91. The Morgan fingerprint density at radius 1 is 1.48 bits per heavy atom. The van der Waals surface area contributed by atoms with Gasteiger partial charge in [0.1, 0.15) is 16.8 Å². The first-order valence-corrected chi connectivity index (χ1v) is 7.81. The van der Waals surface area contributed by atoms with Crippen LogP contribution >= 0.6 is 11.3 Å². The average Bonchev–Trinajstić information content (AvgIpc) is 3.00. The Morgan fingerprint density at radius 2 is 2.33 bits per heavy atom. The highest BCUT2D eigenvalue weighted by Crippen LogP contribution is 2.21. The summed E-state index contributed by atoms with van der Waals surface area (Å²) in [5.41, 5.74) is 1.13. The lowest BCUT2D eigenvalue weighted by atomic mass is 10.2. The van der Waals surface area contributed by atoms with Gasteiger partial charge in [0.05, 0.1) is 6.04 Å². The molecule has 1 N–H and O–H groups in total. The fourth-order valence-electron chi connectivity index (χ4n) is 1.91. The molecule has 0 aliphatic rings. The van der Waals surface area contributed by atoms with Crippen molar-refractivity contribution in [2.24, 2.45) is 0 Å². The van der Waals surface area contributed by atoms with Gasteiger partial charge in [0, 0.05) is 17.6 Å². The van der Waals surface area contributed by atoms with Crippen LogP contribution in [0.15, 0.2) is 30.5 Å². The fourth-order valence-corrected chi connectivity index (χ4v) is 2.79. The minimum absolute atomic E-state index is 0.0756. The number of nitrogens with zero attached hydrogens (tertiary/aromatic N) is 2. The van der Waals surface area contributed by atoms with E-state index in [0.717, 1.165) is 29.3 Å². The second-order valence-electron chi connectivity index (χ2n) is 4.72. The summed E-state index contributed by atoms with van der Waals surface area (Å²) in [4.78, 5) is 5.76. The number of nitrogens with one attached hydrogen (secondary N) is 1. The quantitative estimate of drug-likeness (QED) is 0.851. The number of nitriles is 1. The van der Waals surface area contributed by atoms with E-state index in [2.05, 4.69) is 24.1 Å². The molecular formula is C16H19N3OS. The number of thiazole rings is 1. The van der Waals surface area contributed by atoms with E-state index in [1.54, 1.807) is 11.3 Å². The van der Waals surface area contributed by atoms with Gasteiger partial charge >= 0.3 is 0 Å². The summed E-state index contributed by atoms with van der Waals surface area (Å²) < 4.78 is 5.31. The molecule has 2 rings (SSSR count). The molecule has 0 radical (unpaired) electrons. The molecule has 2 aromatic rings. The first-order chi connectivity index (χ1) is 10.2. The van der Waals surface area contributed by atoms with Gasteiger partial charge in [-0.2, -0.15) is 5.26 Å². The molecular weight excluding hydrogens is 282 g/mol. The number of hydrogen-bond donors (Lipinski definition) is 1. The van der Waals surface area contributed by atoms with Gasteiger partial charge in [0.25, 0.3) is 0 Å². The number of aryl methyl sites for hydroxylation is 1. The molecule has 0 fully saturated rings. The minimum Gasteiger partial charge on any atom is -0.479 e. The highest BCUT2D eigenvalue weighted by Gasteiger charge is 2.09. The summed E-state index contributed by atoms with van der Waals surface area (Å²) in [7, 11) is 0. The van der Waals surface area contributed by atoms with Crippen molar-refractivity contribution in [1.82, 2.24) is 10.3 Å². The summed E-state index contributed by atoms with van der Waals surface area (Å²) in [5.74, 6) is 0.728. The van der Waals surface area contributed by atoms with Crippen LogP contribution < -0.4 is 10.1 Å². The Labute approximate surface area is 129 Å². The summed E-state index contributed by atoms with van der Waals surface area (Å²) in [6.45, 7) is 5.08. The van der Waals surface area contributed by atoms with E-state index < -0.39 is 0 Å². The van der Waals surface area contributed by atoms with E-state index in [1.807, 2.05) is 36.5 Å². The molecule has 0 aliphatic carbocycles. The third kappa shape index (κ3) is 4.55. The molecule has 1 aromatic carbocycles. The van der Waals surface area contributed by atoms with E-state index in [1.165, 1.54) is 4.88 Å². The van der Waals surface area contributed by atoms with Gasteiger partial charge in [-0.1, -0.05) is 19.1 Å². The van der Waals surface area contributed by atoms with Crippen molar-refractivity contribution >= 4 is 11.3 Å². The van der Waals surface area contributed by atoms with Gasteiger partial charge in [-0.25, -0.2) is 4.98 Å². The number of hydrogen-bond acceptors (Lipinski definition) is 5. The van der Waals surface area contributed by atoms with Gasteiger partial charge in [0.15, 0.2) is 6.61 Å². The molecule has 4 nitrogen and oxygen atoms in total. The smallest absolute Gasteiger partial charge is 0.174 e. The molecule has 0 aliphatic heterocycles. The maximum Gasteiger partial charge on any atom is 0.174 e. The van der Waals surface area contributed by atoms with Gasteiger partial charge in [-0.3, -0.25) is 0 Å². The van der Waals surface area contributed by atoms with Crippen LogP contribution in [0.25, 0.3) is 0 Å². The molecule has 1 aromatic heterocycles. The highest BCUT2D eigenvalue weighted by molar-refractivity contribution is 7.11. The van der Waals surface area contributed by atoms with Gasteiger partial charge in [-0.15, -0.1) is 11.3 Å². The number of rotatable bonds is 7. The fraction of sp³-hybridized carbons (Fsp3) is 0.375. The van der Waals surface area contributed by atoms with Crippen LogP contribution in [0.1, 0.15) is 35.3 Å². The normalized spacial score (nSPS) is 11.9. The average molecular weight is 301 g/mol. The molecule has 0 bridgehead atoms. The molecule has 0 saturated heterocycles. The van der Waals surface area contributed by atoms with Gasteiger partial charge < -0.3 is 10.1 Å². The van der Waals surface area contributed by atoms with Crippen molar-refractivity contribution in [3.63, 3.8) is 0 Å². The number of benzene rings is 1. The van der Waals surface area contributed by atoms with Crippen molar-refractivity contribution in [1.29, 1.82) is 5.26 Å². The molecule has 0 spiro atoms. The van der Waals surface area contributed by atoms with Gasteiger partial charge in [0.2, 0.25) is 0 Å². The SMILES string of the molecule is CCc1cnc(C(C)NCc2cccc(OCC#N)c2)s1. The summed E-state index contributed by atoms with van der Waals surface area (Å²) >= 11 is 1.76. The zero-order chi connectivity index (χ0) is 15.1.